The van der Waals surface area contributed by atoms with Crippen LogP contribution in [0.25, 0.3) is 11.4 Å². The van der Waals surface area contributed by atoms with Crippen molar-refractivity contribution < 1.29 is 27.2 Å². The number of fused-ring (bicyclic) bond motifs is 1. The SMILES string of the molecule is CCOc1ccccc1-c1noc(COC(=O)CCCCCN=C2NS(=O)(=O)c3ccccc32)n1. The molecule has 0 fully saturated rings. The Bertz CT molecular complexity index is 1320. The van der Waals surface area contributed by atoms with Gasteiger partial charge in [0.25, 0.3) is 15.9 Å². The number of sulfonamides is 1. The van der Waals surface area contributed by atoms with Crippen LogP contribution in [0.4, 0.5) is 0 Å². The number of hydrogen-bond acceptors (Lipinski definition) is 9. The Balaban J connectivity index is 1.17. The van der Waals surface area contributed by atoms with Crippen LogP contribution in [0.3, 0.4) is 0 Å². The molecule has 1 aliphatic heterocycles. The molecule has 1 N–H and O–H groups in total. The van der Waals surface area contributed by atoms with Crippen molar-refractivity contribution in [3.8, 4) is 17.1 Å². The number of unbranched alkanes of at least 4 members (excludes halogenated alkanes) is 2. The summed E-state index contributed by atoms with van der Waals surface area (Å²) in [6.45, 7) is 2.76. The van der Waals surface area contributed by atoms with Gasteiger partial charge in [-0.25, -0.2) is 8.42 Å². The smallest absolute Gasteiger partial charge is 0.306 e. The topological polar surface area (TPSA) is 133 Å². The van der Waals surface area contributed by atoms with E-state index in [0.29, 0.717) is 54.5 Å². The summed E-state index contributed by atoms with van der Waals surface area (Å²) in [6, 6.07) is 14.1. The molecular formula is C24H26N4O6S. The molecular weight excluding hydrogens is 472 g/mol. The van der Waals surface area contributed by atoms with E-state index in [4.69, 9.17) is 14.0 Å². The summed E-state index contributed by atoms with van der Waals surface area (Å²) in [5.74, 6) is 1.23. The molecule has 4 rings (SSSR count). The number of aliphatic imine (C=N–C) groups is 1. The van der Waals surface area contributed by atoms with E-state index in [-0.39, 0.29) is 29.8 Å². The number of benzene rings is 2. The summed E-state index contributed by atoms with van der Waals surface area (Å²) < 4.78 is 42.7. The molecule has 11 heteroatoms. The summed E-state index contributed by atoms with van der Waals surface area (Å²) in [5.41, 5.74) is 1.29. The van der Waals surface area contributed by atoms with Crippen molar-refractivity contribution in [2.45, 2.75) is 44.1 Å². The van der Waals surface area contributed by atoms with Gasteiger partial charge >= 0.3 is 5.97 Å². The average molecular weight is 499 g/mol. The van der Waals surface area contributed by atoms with E-state index in [1.165, 1.54) is 0 Å². The number of hydrogen-bond donors (Lipinski definition) is 1. The minimum absolute atomic E-state index is 0.101. The van der Waals surface area contributed by atoms with Crippen LogP contribution in [-0.2, 0) is 26.2 Å². The molecule has 0 saturated carbocycles. The van der Waals surface area contributed by atoms with Gasteiger partial charge in [0.05, 0.1) is 17.1 Å². The van der Waals surface area contributed by atoms with Crippen molar-refractivity contribution in [1.29, 1.82) is 0 Å². The maximum Gasteiger partial charge on any atom is 0.306 e. The number of para-hydroxylation sites is 1. The van der Waals surface area contributed by atoms with E-state index in [0.717, 1.165) is 6.42 Å². The van der Waals surface area contributed by atoms with Crippen LogP contribution in [0, 0.1) is 0 Å². The molecule has 0 bridgehead atoms. The average Bonchev–Trinajstić information content (AvgIpc) is 3.43. The number of nitrogens with zero attached hydrogens (tertiary/aromatic N) is 3. The Morgan fingerprint density at radius 2 is 1.83 bits per heavy atom. The van der Waals surface area contributed by atoms with Crippen LogP contribution in [0.1, 0.15) is 44.1 Å². The second kappa shape index (κ2) is 11.1. The van der Waals surface area contributed by atoms with Crippen LogP contribution in [0.15, 0.2) is 62.9 Å². The Hall–Kier alpha value is -3.73. The predicted molar refractivity (Wildman–Crippen MR) is 127 cm³/mol. The molecule has 3 aromatic rings. The fourth-order valence-electron chi connectivity index (χ4n) is 3.57. The number of esters is 1. The third-order valence-corrected chi connectivity index (χ3v) is 6.62. The number of aromatic nitrogens is 2. The normalized spacial score (nSPS) is 14.9. The molecule has 0 aliphatic carbocycles. The zero-order chi connectivity index (χ0) is 24.7. The van der Waals surface area contributed by atoms with E-state index in [2.05, 4.69) is 19.9 Å². The van der Waals surface area contributed by atoms with Crippen molar-refractivity contribution in [3.05, 3.63) is 60.0 Å². The lowest BCUT2D eigenvalue weighted by atomic mass is 10.2. The van der Waals surface area contributed by atoms with Crippen molar-refractivity contribution >= 4 is 21.8 Å². The molecule has 1 aromatic heterocycles. The van der Waals surface area contributed by atoms with Gasteiger partial charge in [-0.3, -0.25) is 14.5 Å². The Labute approximate surface area is 203 Å². The van der Waals surface area contributed by atoms with Crippen molar-refractivity contribution in [1.82, 2.24) is 14.9 Å². The molecule has 0 amide bonds. The maximum atomic E-state index is 12.1. The second-order valence-electron chi connectivity index (χ2n) is 7.74. The zero-order valence-corrected chi connectivity index (χ0v) is 20.1. The third kappa shape index (κ3) is 6.04. The second-order valence-corrected chi connectivity index (χ2v) is 9.40. The van der Waals surface area contributed by atoms with Crippen LogP contribution in [-0.4, -0.2) is 43.5 Å². The highest BCUT2D eigenvalue weighted by atomic mass is 32.2. The minimum Gasteiger partial charge on any atom is -0.493 e. The zero-order valence-electron chi connectivity index (χ0n) is 19.3. The molecule has 35 heavy (non-hydrogen) atoms. The largest absolute Gasteiger partial charge is 0.493 e. The van der Waals surface area contributed by atoms with Gasteiger partial charge < -0.3 is 14.0 Å². The maximum absolute atomic E-state index is 12.1. The molecule has 0 saturated heterocycles. The first-order valence-corrected chi connectivity index (χ1v) is 12.8. The summed E-state index contributed by atoms with van der Waals surface area (Å²) in [7, 11) is -3.53. The quantitative estimate of drug-likeness (QED) is 0.314. The van der Waals surface area contributed by atoms with Gasteiger partial charge in [-0.2, -0.15) is 4.98 Å². The molecule has 0 spiro atoms. The summed E-state index contributed by atoms with van der Waals surface area (Å²) in [6.07, 6.45) is 2.34. The Kier molecular flexibility index (Phi) is 7.76. The van der Waals surface area contributed by atoms with Gasteiger partial charge in [-0.1, -0.05) is 35.8 Å². The molecule has 0 unspecified atom stereocenters. The van der Waals surface area contributed by atoms with Crippen molar-refractivity contribution in [3.63, 3.8) is 0 Å². The van der Waals surface area contributed by atoms with Crippen LogP contribution < -0.4 is 9.46 Å². The lowest BCUT2D eigenvalue weighted by Gasteiger charge is -2.06. The lowest BCUT2D eigenvalue weighted by molar-refractivity contribution is -0.145. The van der Waals surface area contributed by atoms with Gasteiger partial charge in [-0.15, -0.1) is 0 Å². The molecule has 0 atom stereocenters. The highest BCUT2D eigenvalue weighted by Crippen LogP contribution is 2.27. The highest BCUT2D eigenvalue weighted by Gasteiger charge is 2.29. The highest BCUT2D eigenvalue weighted by molar-refractivity contribution is 7.90. The number of carbonyl (C=O) groups is 1. The van der Waals surface area contributed by atoms with Crippen molar-refractivity contribution in [2.75, 3.05) is 13.2 Å². The van der Waals surface area contributed by atoms with Crippen LogP contribution >= 0.6 is 0 Å². The number of amidine groups is 1. The van der Waals surface area contributed by atoms with Gasteiger partial charge in [-0.05, 0) is 44.0 Å². The number of nitrogens with one attached hydrogen (secondary N) is 1. The van der Waals surface area contributed by atoms with E-state index < -0.39 is 10.0 Å². The van der Waals surface area contributed by atoms with E-state index >= 15 is 0 Å². The Morgan fingerprint density at radius 3 is 2.66 bits per heavy atom. The standard InChI is InChI=1S/C24H26N4O6S/c1-2-32-19-12-7-5-10-17(19)24-26-21(34-27-24)16-33-22(29)14-4-3-9-15-25-23-18-11-6-8-13-20(18)35(30,31)28-23/h5-8,10-13H,2-4,9,14-16H2,1H3,(H,25,28). The summed E-state index contributed by atoms with van der Waals surface area (Å²) in [5, 5.41) is 3.95. The number of ether oxygens (including phenoxy) is 2. The molecule has 2 aromatic carbocycles. The van der Waals surface area contributed by atoms with Gasteiger partial charge in [0, 0.05) is 18.5 Å². The first-order valence-electron chi connectivity index (χ1n) is 11.3. The fourth-order valence-corrected chi connectivity index (χ4v) is 4.82. The van der Waals surface area contributed by atoms with E-state index in [9.17, 15) is 13.2 Å². The van der Waals surface area contributed by atoms with Gasteiger partial charge in [0.2, 0.25) is 5.82 Å². The van der Waals surface area contributed by atoms with Crippen molar-refractivity contribution in [2.24, 2.45) is 4.99 Å². The Morgan fingerprint density at radius 1 is 1.06 bits per heavy atom. The number of rotatable bonds is 11. The first-order chi connectivity index (χ1) is 17.0. The van der Waals surface area contributed by atoms with E-state index in [1.807, 2.05) is 31.2 Å². The van der Waals surface area contributed by atoms with Crippen LogP contribution in [0.5, 0.6) is 5.75 Å². The minimum atomic E-state index is -3.53. The molecule has 10 nitrogen and oxygen atoms in total. The van der Waals surface area contributed by atoms with Gasteiger partial charge in [0.15, 0.2) is 6.61 Å². The van der Waals surface area contributed by atoms with E-state index in [1.54, 1.807) is 24.3 Å². The molecule has 1 aliphatic rings. The van der Waals surface area contributed by atoms with Gasteiger partial charge in [0.1, 0.15) is 11.6 Å². The first kappa shape index (κ1) is 24.4. The van der Waals surface area contributed by atoms with Crippen LogP contribution in [0.2, 0.25) is 0 Å². The molecule has 2 heterocycles. The molecule has 184 valence electrons. The predicted octanol–water partition coefficient (Wildman–Crippen LogP) is 3.48. The summed E-state index contributed by atoms with van der Waals surface area (Å²) >= 11 is 0. The third-order valence-electron chi connectivity index (χ3n) is 5.22. The number of carbonyl (C=O) groups excluding carboxylic acids is 1. The monoisotopic (exact) mass is 498 g/mol. The lowest BCUT2D eigenvalue weighted by Crippen LogP contribution is -2.22. The summed E-state index contributed by atoms with van der Waals surface area (Å²) in [4.78, 5) is 20.9. The fraction of sp³-hybridized carbons (Fsp3) is 0.333. The molecule has 0 radical (unpaired) electrons.